The lowest BCUT2D eigenvalue weighted by Crippen LogP contribution is -1.93. The Balaban J connectivity index is 3.19. The van der Waals surface area contributed by atoms with E-state index in [4.69, 9.17) is 10.8 Å². The smallest absolute Gasteiger partial charge is 0.162 e. The molecule has 0 atom stereocenters. The molecule has 1 rings (SSSR count). The zero-order valence-electron chi connectivity index (χ0n) is 6.21. The fourth-order valence-corrected chi connectivity index (χ4v) is 1.29. The van der Waals surface area contributed by atoms with Crippen LogP contribution in [0, 0.1) is 0 Å². The summed E-state index contributed by atoms with van der Waals surface area (Å²) in [6.45, 7) is -0.0875. The number of benzene rings is 1. The summed E-state index contributed by atoms with van der Waals surface area (Å²) in [4.78, 5) is 0. The van der Waals surface area contributed by atoms with E-state index in [0.717, 1.165) is 0 Å². The van der Waals surface area contributed by atoms with E-state index in [1.807, 2.05) is 22.9 Å². The molecule has 5 heteroatoms. The van der Waals surface area contributed by atoms with E-state index < -0.39 is 0 Å². The van der Waals surface area contributed by atoms with Crippen LogP contribution in [-0.2, 0) is 6.61 Å². The van der Waals surface area contributed by atoms with Gasteiger partial charge in [-0.1, -0.05) is 0 Å². The van der Waals surface area contributed by atoms with Gasteiger partial charge in [0.15, 0.2) is 5.75 Å². The van der Waals surface area contributed by atoms with Crippen molar-refractivity contribution in [1.82, 2.24) is 0 Å². The number of hydrogen-bond donors (Lipinski definition) is 4. The van der Waals surface area contributed by atoms with Gasteiger partial charge in [-0.15, -0.1) is 0 Å². The van der Waals surface area contributed by atoms with Crippen molar-refractivity contribution in [3.63, 3.8) is 0 Å². The summed E-state index contributed by atoms with van der Waals surface area (Å²) >= 11 is 1.88. The van der Waals surface area contributed by atoms with Crippen LogP contribution in [0.5, 0.6) is 5.75 Å². The second-order valence-electron chi connectivity index (χ2n) is 2.33. The highest BCUT2D eigenvalue weighted by Crippen LogP contribution is 2.32. The van der Waals surface area contributed by atoms with E-state index in [0.29, 0.717) is 11.3 Å². The highest BCUT2D eigenvalue weighted by molar-refractivity contribution is 14.1. The molecule has 0 saturated heterocycles. The normalized spacial score (nSPS) is 9.83. The first-order valence-corrected chi connectivity index (χ1v) is 4.35. The third kappa shape index (κ3) is 1.72. The first-order valence-electron chi connectivity index (χ1n) is 3.28. The first kappa shape index (κ1) is 9.40. The van der Waals surface area contributed by atoms with Crippen molar-refractivity contribution >= 4 is 34.2 Å². The van der Waals surface area contributed by atoms with Gasteiger partial charge in [0.25, 0.3) is 0 Å². The van der Waals surface area contributed by atoms with Gasteiger partial charge < -0.3 is 19.5 Å². The Bertz CT molecular complexity index is 291. The minimum Gasteiger partial charge on any atom is -0.504 e. The molecule has 0 aromatic heterocycles. The van der Waals surface area contributed by atoms with Gasteiger partial charge in [-0.2, -0.15) is 0 Å². The summed E-state index contributed by atoms with van der Waals surface area (Å²) in [5.41, 5.74) is 6.92. The number of phenols is 1. The number of aliphatic hydroxyl groups excluding tert-OH is 1. The van der Waals surface area contributed by atoms with Gasteiger partial charge in [0.05, 0.1) is 40.8 Å². The third-order valence-electron chi connectivity index (χ3n) is 1.48. The van der Waals surface area contributed by atoms with Crippen molar-refractivity contribution in [3.8, 4) is 5.75 Å². The SMILES string of the molecule is Nc1cc(CO)cc(NI)c1O. The predicted octanol–water partition coefficient (Wildman–Crippen LogP) is 1.23. The van der Waals surface area contributed by atoms with E-state index in [1.165, 1.54) is 6.07 Å². The Morgan fingerprint density at radius 1 is 1.50 bits per heavy atom. The molecule has 0 bridgehead atoms. The zero-order chi connectivity index (χ0) is 9.14. The molecule has 0 radical (unpaired) electrons. The number of halogens is 1. The van der Waals surface area contributed by atoms with Crippen LogP contribution in [0.3, 0.4) is 0 Å². The number of anilines is 2. The fourth-order valence-electron chi connectivity index (χ4n) is 0.882. The molecule has 4 nitrogen and oxygen atoms in total. The van der Waals surface area contributed by atoms with Crippen LogP contribution in [0.15, 0.2) is 12.1 Å². The molecule has 0 saturated carbocycles. The van der Waals surface area contributed by atoms with Crippen molar-refractivity contribution in [2.45, 2.75) is 6.61 Å². The molecular formula is C7H9IN2O2. The average molecular weight is 280 g/mol. The molecule has 0 aliphatic heterocycles. The van der Waals surface area contributed by atoms with E-state index in [9.17, 15) is 5.11 Å². The van der Waals surface area contributed by atoms with Crippen LogP contribution in [0.1, 0.15) is 5.56 Å². The van der Waals surface area contributed by atoms with Crippen molar-refractivity contribution in [3.05, 3.63) is 17.7 Å². The topological polar surface area (TPSA) is 78.5 Å². The summed E-state index contributed by atoms with van der Waals surface area (Å²) in [6, 6.07) is 3.17. The van der Waals surface area contributed by atoms with Gasteiger partial charge in [0.2, 0.25) is 0 Å². The van der Waals surface area contributed by atoms with Gasteiger partial charge in [-0.05, 0) is 17.7 Å². The Kier molecular flexibility index (Phi) is 2.99. The molecule has 12 heavy (non-hydrogen) atoms. The molecule has 0 spiro atoms. The Hall–Kier alpha value is -0.690. The lowest BCUT2D eigenvalue weighted by atomic mass is 10.1. The molecular weight excluding hydrogens is 271 g/mol. The monoisotopic (exact) mass is 280 g/mol. The van der Waals surface area contributed by atoms with Crippen molar-refractivity contribution < 1.29 is 10.2 Å². The predicted molar refractivity (Wildman–Crippen MR) is 56.1 cm³/mol. The van der Waals surface area contributed by atoms with Crippen LogP contribution in [0.4, 0.5) is 11.4 Å². The number of aliphatic hydroxyl groups is 1. The average Bonchev–Trinajstić information content (AvgIpc) is 2.09. The van der Waals surface area contributed by atoms with Gasteiger partial charge in [0, 0.05) is 0 Å². The van der Waals surface area contributed by atoms with Crippen molar-refractivity contribution in [1.29, 1.82) is 0 Å². The Morgan fingerprint density at radius 3 is 2.67 bits per heavy atom. The second-order valence-corrected chi connectivity index (χ2v) is 2.87. The number of nitrogen functional groups attached to an aromatic ring is 1. The van der Waals surface area contributed by atoms with E-state index in [1.54, 1.807) is 6.07 Å². The van der Waals surface area contributed by atoms with Gasteiger partial charge in [-0.25, -0.2) is 0 Å². The highest BCUT2D eigenvalue weighted by atomic mass is 127. The number of nitrogens with one attached hydrogen (secondary N) is 1. The summed E-state index contributed by atoms with van der Waals surface area (Å²) in [6.07, 6.45) is 0. The standard InChI is InChI=1S/C7H9IN2O2/c8-10-6-2-4(3-11)1-5(9)7(6)12/h1-2,10-12H,3,9H2. The maximum absolute atomic E-state index is 9.34. The summed E-state index contributed by atoms with van der Waals surface area (Å²) < 4.78 is 2.74. The maximum Gasteiger partial charge on any atom is 0.162 e. The molecule has 0 fully saturated rings. The molecule has 0 aliphatic rings. The quantitative estimate of drug-likeness (QED) is 0.284. The van der Waals surface area contributed by atoms with Gasteiger partial charge >= 0.3 is 0 Å². The summed E-state index contributed by atoms with van der Waals surface area (Å²) in [7, 11) is 0. The van der Waals surface area contributed by atoms with Crippen LogP contribution in [0.2, 0.25) is 0 Å². The minimum atomic E-state index is -0.0875. The lowest BCUT2D eigenvalue weighted by molar-refractivity contribution is 0.282. The molecule has 1 aromatic carbocycles. The summed E-state index contributed by atoms with van der Waals surface area (Å²) in [5, 5.41) is 18.1. The fraction of sp³-hybridized carbons (Fsp3) is 0.143. The molecule has 5 N–H and O–H groups in total. The minimum absolute atomic E-state index is 0.0154. The van der Waals surface area contributed by atoms with E-state index in [2.05, 4.69) is 3.53 Å². The number of rotatable bonds is 2. The molecule has 0 amide bonds. The van der Waals surface area contributed by atoms with Crippen molar-refractivity contribution in [2.75, 3.05) is 9.26 Å². The number of phenolic OH excluding ortho intramolecular Hbond substituents is 1. The Morgan fingerprint density at radius 2 is 2.17 bits per heavy atom. The van der Waals surface area contributed by atoms with E-state index in [-0.39, 0.29) is 18.0 Å². The van der Waals surface area contributed by atoms with E-state index >= 15 is 0 Å². The first-order chi connectivity index (χ1) is 5.69. The molecule has 0 aliphatic carbocycles. The number of nitrogens with two attached hydrogens (primary N) is 1. The van der Waals surface area contributed by atoms with Crippen LogP contribution in [0.25, 0.3) is 0 Å². The van der Waals surface area contributed by atoms with Gasteiger partial charge in [0.1, 0.15) is 0 Å². The van der Waals surface area contributed by atoms with Gasteiger partial charge in [-0.3, -0.25) is 0 Å². The summed E-state index contributed by atoms with van der Waals surface area (Å²) in [5.74, 6) is 0.0154. The second kappa shape index (κ2) is 3.81. The Labute approximate surface area is 83.9 Å². The zero-order valence-corrected chi connectivity index (χ0v) is 8.37. The lowest BCUT2D eigenvalue weighted by Gasteiger charge is -2.07. The molecule has 66 valence electrons. The van der Waals surface area contributed by atoms with Crippen LogP contribution in [-0.4, -0.2) is 10.2 Å². The molecule has 1 aromatic rings. The highest BCUT2D eigenvalue weighted by Gasteiger charge is 2.05. The number of hydrogen-bond acceptors (Lipinski definition) is 4. The largest absolute Gasteiger partial charge is 0.504 e. The van der Waals surface area contributed by atoms with Crippen LogP contribution >= 0.6 is 22.9 Å². The molecule has 0 unspecified atom stereocenters. The molecule has 0 heterocycles. The third-order valence-corrected chi connectivity index (χ3v) is 2.06. The maximum atomic E-state index is 9.34. The van der Waals surface area contributed by atoms with Crippen LogP contribution < -0.4 is 9.26 Å². The number of aromatic hydroxyl groups is 1. The van der Waals surface area contributed by atoms with Crippen molar-refractivity contribution in [2.24, 2.45) is 0 Å².